The fourth-order valence-corrected chi connectivity index (χ4v) is 3.36. The predicted octanol–water partition coefficient (Wildman–Crippen LogP) is 2.18. The highest BCUT2D eigenvalue weighted by molar-refractivity contribution is 9.10. The molecule has 1 saturated heterocycles. The Morgan fingerprint density at radius 1 is 1.38 bits per heavy atom. The van der Waals surface area contributed by atoms with Crippen molar-refractivity contribution in [2.75, 3.05) is 6.54 Å². The van der Waals surface area contributed by atoms with E-state index >= 15 is 0 Å². The van der Waals surface area contributed by atoms with Gasteiger partial charge in [0.25, 0.3) is 5.91 Å². The van der Waals surface area contributed by atoms with E-state index in [1.165, 1.54) is 16.7 Å². The second kappa shape index (κ2) is 7.20. The van der Waals surface area contributed by atoms with Crippen LogP contribution >= 0.6 is 39.9 Å². The molecule has 1 fully saturated rings. The van der Waals surface area contributed by atoms with Gasteiger partial charge in [0.15, 0.2) is 0 Å². The van der Waals surface area contributed by atoms with Gasteiger partial charge in [-0.25, -0.2) is 0 Å². The van der Waals surface area contributed by atoms with Gasteiger partial charge < -0.3 is 9.90 Å². The van der Waals surface area contributed by atoms with E-state index in [0.717, 1.165) is 10.0 Å². The maximum Gasteiger partial charge on any atom is 0.266 e. The molecule has 0 radical (unpaired) electrons. The molecule has 0 bridgehead atoms. The molecule has 1 aliphatic rings. The molecular formula is C14H11BrNO3S2-. The first kappa shape index (κ1) is 16.2. The summed E-state index contributed by atoms with van der Waals surface area (Å²) in [6.45, 7) is 0.302. The molecule has 1 aliphatic heterocycles. The number of aliphatic carboxylic acids is 1. The molecule has 0 unspecified atom stereocenters. The predicted molar refractivity (Wildman–Crippen MR) is 88.3 cm³/mol. The SMILES string of the molecule is O=C([O-])CCCN1C(=O)/C(=C\c2ccc(Br)cc2)SC1=S. The van der Waals surface area contributed by atoms with E-state index in [4.69, 9.17) is 12.2 Å². The smallest absolute Gasteiger partial charge is 0.266 e. The van der Waals surface area contributed by atoms with Crippen LogP contribution < -0.4 is 5.11 Å². The lowest BCUT2D eigenvalue weighted by molar-refractivity contribution is -0.305. The van der Waals surface area contributed by atoms with Gasteiger partial charge in [0.2, 0.25) is 0 Å². The van der Waals surface area contributed by atoms with E-state index in [2.05, 4.69) is 15.9 Å². The number of carbonyl (C=O) groups is 2. The van der Waals surface area contributed by atoms with Crippen LogP contribution in [0.3, 0.4) is 0 Å². The molecule has 0 spiro atoms. The van der Waals surface area contributed by atoms with Gasteiger partial charge in [-0.3, -0.25) is 9.69 Å². The average molecular weight is 385 g/mol. The van der Waals surface area contributed by atoms with Crippen LogP contribution in [0.15, 0.2) is 33.6 Å². The summed E-state index contributed by atoms with van der Waals surface area (Å²) in [5.41, 5.74) is 0.911. The first-order valence-electron chi connectivity index (χ1n) is 6.18. The lowest BCUT2D eigenvalue weighted by atomic mass is 10.2. The minimum absolute atomic E-state index is 0.0805. The third kappa shape index (κ3) is 4.39. The van der Waals surface area contributed by atoms with Gasteiger partial charge in [0, 0.05) is 17.0 Å². The summed E-state index contributed by atoms with van der Waals surface area (Å²) in [7, 11) is 0. The Balaban J connectivity index is 2.06. The van der Waals surface area contributed by atoms with Crippen molar-refractivity contribution in [2.45, 2.75) is 12.8 Å². The number of carbonyl (C=O) groups excluding carboxylic acids is 2. The fourth-order valence-electron chi connectivity index (χ4n) is 1.78. The molecule has 2 rings (SSSR count). The molecule has 1 amide bonds. The molecule has 0 atom stereocenters. The van der Waals surface area contributed by atoms with Gasteiger partial charge in [0.1, 0.15) is 4.32 Å². The molecule has 21 heavy (non-hydrogen) atoms. The third-order valence-electron chi connectivity index (χ3n) is 2.80. The van der Waals surface area contributed by atoms with Crippen molar-refractivity contribution in [1.82, 2.24) is 4.90 Å². The quantitative estimate of drug-likeness (QED) is 0.575. The van der Waals surface area contributed by atoms with Gasteiger partial charge in [-0.2, -0.15) is 0 Å². The van der Waals surface area contributed by atoms with E-state index in [9.17, 15) is 14.7 Å². The minimum atomic E-state index is -1.12. The molecule has 0 aliphatic carbocycles. The molecule has 110 valence electrons. The molecule has 0 aromatic heterocycles. The number of rotatable bonds is 5. The number of carboxylic acids is 1. The topological polar surface area (TPSA) is 60.4 Å². The molecule has 7 heteroatoms. The number of hydrogen-bond donors (Lipinski definition) is 0. The van der Waals surface area contributed by atoms with Gasteiger partial charge in [-0.05, 0) is 36.6 Å². The van der Waals surface area contributed by atoms with E-state index in [0.29, 0.717) is 22.2 Å². The highest BCUT2D eigenvalue weighted by atomic mass is 79.9. The molecule has 1 aromatic carbocycles. The number of benzene rings is 1. The molecule has 0 N–H and O–H groups in total. The summed E-state index contributed by atoms with van der Waals surface area (Å²) < 4.78 is 1.43. The Labute approximate surface area is 140 Å². The second-order valence-electron chi connectivity index (χ2n) is 4.36. The minimum Gasteiger partial charge on any atom is -0.550 e. The van der Waals surface area contributed by atoms with Crippen molar-refractivity contribution < 1.29 is 14.7 Å². The summed E-state index contributed by atoms with van der Waals surface area (Å²) >= 11 is 9.76. The van der Waals surface area contributed by atoms with Gasteiger partial charge in [0.05, 0.1) is 4.91 Å². The third-order valence-corrected chi connectivity index (χ3v) is 4.71. The van der Waals surface area contributed by atoms with Gasteiger partial charge >= 0.3 is 0 Å². The highest BCUT2D eigenvalue weighted by Crippen LogP contribution is 2.32. The van der Waals surface area contributed by atoms with Crippen molar-refractivity contribution in [3.63, 3.8) is 0 Å². The lowest BCUT2D eigenvalue weighted by Crippen LogP contribution is -2.30. The summed E-state index contributed by atoms with van der Waals surface area (Å²) in [5.74, 6) is -1.29. The zero-order valence-electron chi connectivity index (χ0n) is 10.9. The zero-order valence-corrected chi connectivity index (χ0v) is 14.1. The Morgan fingerprint density at radius 2 is 2.05 bits per heavy atom. The number of carboxylic acid groups (broad SMARTS) is 1. The van der Waals surface area contributed by atoms with Crippen LogP contribution in [0.5, 0.6) is 0 Å². The van der Waals surface area contributed by atoms with E-state index < -0.39 is 5.97 Å². The van der Waals surface area contributed by atoms with Crippen molar-refractivity contribution in [3.8, 4) is 0 Å². The molecule has 1 heterocycles. The maximum atomic E-state index is 12.2. The monoisotopic (exact) mass is 384 g/mol. The van der Waals surface area contributed by atoms with Crippen molar-refractivity contribution in [3.05, 3.63) is 39.2 Å². The summed E-state index contributed by atoms with van der Waals surface area (Å²) in [6.07, 6.45) is 2.04. The number of halogens is 1. The van der Waals surface area contributed by atoms with E-state index in [1.54, 1.807) is 6.08 Å². The van der Waals surface area contributed by atoms with Crippen molar-refractivity contribution in [2.24, 2.45) is 0 Å². The zero-order chi connectivity index (χ0) is 15.4. The Kier molecular flexibility index (Phi) is 5.55. The van der Waals surface area contributed by atoms with E-state index in [1.807, 2.05) is 24.3 Å². The van der Waals surface area contributed by atoms with Gasteiger partial charge in [-0.1, -0.05) is 52.0 Å². The number of thioether (sulfide) groups is 1. The van der Waals surface area contributed by atoms with Crippen LogP contribution in [0.25, 0.3) is 6.08 Å². The number of hydrogen-bond acceptors (Lipinski definition) is 5. The largest absolute Gasteiger partial charge is 0.550 e. The lowest BCUT2D eigenvalue weighted by Gasteiger charge is -2.14. The van der Waals surface area contributed by atoms with Crippen LogP contribution in [-0.4, -0.2) is 27.6 Å². The summed E-state index contributed by atoms with van der Waals surface area (Å²) in [6, 6.07) is 7.58. The number of amides is 1. The second-order valence-corrected chi connectivity index (χ2v) is 6.95. The van der Waals surface area contributed by atoms with E-state index in [-0.39, 0.29) is 12.3 Å². The first-order valence-corrected chi connectivity index (χ1v) is 8.20. The van der Waals surface area contributed by atoms with Crippen LogP contribution in [-0.2, 0) is 9.59 Å². The normalized spacial score (nSPS) is 16.8. The summed E-state index contributed by atoms with van der Waals surface area (Å²) in [4.78, 5) is 24.6. The summed E-state index contributed by atoms with van der Waals surface area (Å²) in [5, 5.41) is 10.4. The molecule has 4 nitrogen and oxygen atoms in total. The fraction of sp³-hybridized carbons (Fsp3) is 0.214. The molecular weight excluding hydrogens is 374 g/mol. The Morgan fingerprint density at radius 3 is 2.67 bits per heavy atom. The van der Waals surface area contributed by atoms with Gasteiger partial charge in [-0.15, -0.1) is 0 Å². The maximum absolute atomic E-state index is 12.2. The standard InChI is InChI=1S/C14H12BrNO3S2/c15-10-5-3-9(4-6-10)8-11-13(19)16(14(20)21-11)7-1-2-12(17)18/h3-6,8H,1-2,7H2,(H,17,18)/p-1/b11-8+. The first-order chi connectivity index (χ1) is 9.97. The van der Waals surface area contributed by atoms with Crippen molar-refractivity contribution >= 4 is 62.2 Å². The van der Waals surface area contributed by atoms with Crippen molar-refractivity contribution in [1.29, 1.82) is 0 Å². The Hall–Kier alpha value is -1.18. The highest BCUT2D eigenvalue weighted by Gasteiger charge is 2.31. The Bertz CT molecular complexity index is 613. The molecule has 0 saturated carbocycles. The van der Waals surface area contributed by atoms with Crippen LogP contribution in [0.4, 0.5) is 0 Å². The number of nitrogens with zero attached hydrogens (tertiary/aromatic N) is 1. The average Bonchev–Trinajstić information content (AvgIpc) is 2.68. The van der Waals surface area contributed by atoms with Crippen LogP contribution in [0.2, 0.25) is 0 Å². The van der Waals surface area contributed by atoms with Crippen LogP contribution in [0, 0.1) is 0 Å². The van der Waals surface area contributed by atoms with Crippen LogP contribution in [0.1, 0.15) is 18.4 Å². The molecule has 1 aromatic rings. The number of thiocarbonyl (C=S) groups is 1.